The number of aryl methyl sites for hydroxylation is 1. The first-order chi connectivity index (χ1) is 10.7. The van der Waals surface area contributed by atoms with Crippen molar-refractivity contribution in [2.24, 2.45) is 0 Å². The first kappa shape index (κ1) is 14.2. The Labute approximate surface area is 132 Å². The maximum Gasteiger partial charge on any atom is 0.0708 e. The topological polar surface area (TPSA) is 28.2 Å². The third-order valence-electron chi connectivity index (χ3n) is 5.42. The summed E-state index contributed by atoms with van der Waals surface area (Å²) in [6, 6.07) is 13.0. The lowest BCUT2D eigenvalue weighted by Crippen LogP contribution is -2.46. The van der Waals surface area contributed by atoms with E-state index in [1.807, 2.05) is 0 Å². The Balaban J connectivity index is 1.58. The van der Waals surface area contributed by atoms with Gasteiger partial charge in [0.15, 0.2) is 0 Å². The standard InChI is InChI=1S/C19H25N3/c1-13-9-14(18-5-3-4-6-19(18)20-13)12-22(2)17-10-15-7-8-16(11-17)21-15/h3-6,9,15-17,21H,7-8,10-12H2,1-2H3. The van der Waals surface area contributed by atoms with Gasteiger partial charge in [0.25, 0.3) is 0 Å². The van der Waals surface area contributed by atoms with Crippen molar-refractivity contribution in [3.8, 4) is 0 Å². The lowest BCUT2D eigenvalue weighted by atomic mass is 9.97. The normalized spacial score (nSPS) is 27.7. The monoisotopic (exact) mass is 295 g/mol. The molecule has 2 unspecified atom stereocenters. The van der Waals surface area contributed by atoms with Crippen molar-refractivity contribution in [1.29, 1.82) is 0 Å². The highest BCUT2D eigenvalue weighted by Gasteiger charge is 2.35. The van der Waals surface area contributed by atoms with Crippen LogP contribution in [0.2, 0.25) is 0 Å². The molecule has 0 spiro atoms. The molecule has 22 heavy (non-hydrogen) atoms. The van der Waals surface area contributed by atoms with E-state index < -0.39 is 0 Å². The van der Waals surface area contributed by atoms with E-state index in [0.29, 0.717) is 6.04 Å². The van der Waals surface area contributed by atoms with Crippen LogP contribution >= 0.6 is 0 Å². The SMILES string of the molecule is Cc1cc(CN(C)C2CC3CCC(C2)N3)c2ccccc2n1. The molecule has 3 heteroatoms. The van der Waals surface area contributed by atoms with Gasteiger partial charge in [-0.25, -0.2) is 0 Å². The zero-order valence-electron chi connectivity index (χ0n) is 13.5. The number of piperidine rings is 1. The van der Waals surface area contributed by atoms with Crippen LogP contribution in [0.3, 0.4) is 0 Å². The molecule has 3 nitrogen and oxygen atoms in total. The molecule has 2 aliphatic heterocycles. The molecular formula is C19H25N3. The van der Waals surface area contributed by atoms with Gasteiger partial charge >= 0.3 is 0 Å². The predicted octanol–water partition coefficient (Wildman–Crippen LogP) is 3.26. The van der Waals surface area contributed by atoms with E-state index >= 15 is 0 Å². The molecule has 1 aromatic carbocycles. The molecule has 2 saturated heterocycles. The number of hydrogen-bond acceptors (Lipinski definition) is 3. The number of para-hydroxylation sites is 1. The highest BCUT2D eigenvalue weighted by atomic mass is 15.2. The van der Waals surface area contributed by atoms with Gasteiger partial charge in [0.2, 0.25) is 0 Å². The summed E-state index contributed by atoms with van der Waals surface area (Å²) in [6.07, 6.45) is 5.34. The number of rotatable bonds is 3. The summed E-state index contributed by atoms with van der Waals surface area (Å²) in [5.41, 5.74) is 3.65. The first-order valence-corrected chi connectivity index (χ1v) is 8.50. The highest BCUT2D eigenvalue weighted by molar-refractivity contribution is 5.82. The summed E-state index contributed by atoms with van der Waals surface area (Å²) in [5, 5.41) is 5.04. The van der Waals surface area contributed by atoms with Crippen LogP contribution in [0.25, 0.3) is 10.9 Å². The van der Waals surface area contributed by atoms with Crippen LogP contribution in [-0.2, 0) is 6.54 Å². The largest absolute Gasteiger partial charge is 0.311 e. The fourth-order valence-corrected chi connectivity index (χ4v) is 4.31. The Kier molecular flexibility index (Phi) is 3.63. The van der Waals surface area contributed by atoms with Gasteiger partial charge in [-0.1, -0.05) is 18.2 Å². The predicted molar refractivity (Wildman–Crippen MR) is 90.9 cm³/mol. The quantitative estimate of drug-likeness (QED) is 0.942. The molecule has 4 rings (SSSR count). The molecule has 0 aliphatic carbocycles. The summed E-state index contributed by atoms with van der Waals surface area (Å²) in [4.78, 5) is 7.22. The number of benzene rings is 1. The van der Waals surface area contributed by atoms with Crippen LogP contribution in [0.1, 0.15) is 36.9 Å². The van der Waals surface area contributed by atoms with Crippen LogP contribution < -0.4 is 5.32 Å². The van der Waals surface area contributed by atoms with E-state index in [-0.39, 0.29) is 0 Å². The molecule has 1 aromatic heterocycles. The second-order valence-electron chi connectivity index (χ2n) is 7.12. The number of aromatic nitrogens is 1. The van der Waals surface area contributed by atoms with E-state index in [1.165, 1.54) is 36.6 Å². The van der Waals surface area contributed by atoms with Crippen LogP contribution in [0.5, 0.6) is 0 Å². The Morgan fingerprint density at radius 3 is 2.68 bits per heavy atom. The molecule has 0 saturated carbocycles. The van der Waals surface area contributed by atoms with Gasteiger partial charge in [0.1, 0.15) is 0 Å². The molecule has 2 aromatic rings. The van der Waals surface area contributed by atoms with Crippen molar-refractivity contribution in [3.05, 3.63) is 41.6 Å². The summed E-state index contributed by atoms with van der Waals surface area (Å²) >= 11 is 0. The van der Waals surface area contributed by atoms with Gasteiger partial charge in [-0.3, -0.25) is 9.88 Å². The smallest absolute Gasteiger partial charge is 0.0708 e. The van der Waals surface area contributed by atoms with Crippen molar-refractivity contribution >= 4 is 10.9 Å². The molecule has 2 bridgehead atoms. The van der Waals surface area contributed by atoms with Gasteiger partial charge in [-0.2, -0.15) is 0 Å². The number of nitrogens with zero attached hydrogens (tertiary/aromatic N) is 2. The minimum Gasteiger partial charge on any atom is -0.311 e. The third kappa shape index (κ3) is 2.64. The number of pyridine rings is 1. The van der Waals surface area contributed by atoms with E-state index in [4.69, 9.17) is 0 Å². The molecule has 2 atom stereocenters. The first-order valence-electron chi connectivity index (χ1n) is 8.50. The molecule has 1 N–H and O–H groups in total. The van der Waals surface area contributed by atoms with Crippen LogP contribution in [0, 0.1) is 6.92 Å². The molecular weight excluding hydrogens is 270 g/mol. The summed E-state index contributed by atoms with van der Waals surface area (Å²) in [7, 11) is 2.29. The molecule has 2 fully saturated rings. The molecule has 0 radical (unpaired) electrons. The maximum atomic E-state index is 4.66. The second-order valence-corrected chi connectivity index (χ2v) is 7.12. The fraction of sp³-hybridized carbons (Fsp3) is 0.526. The van der Waals surface area contributed by atoms with Crippen LogP contribution in [0.4, 0.5) is 0 Å². The highest BCUT2D eigenvalue weighted by Crippen LogP contribution is 2.30. The number of nitrogens with one attached hydrogen (secondary N) is 1. The van der Waals surface area contributed by atoms with Crippen LogP contribution in [-0.4, -0.2) is 35.1 Å². The zero-order valence-corrected chi connectivity index (χ0v) is 13.5. The van der Waals surface area contributed by atoms with Gasteiger partial charge in [0.05, 0.1) is 5.52 Å². The third-order valence-corrected chi connectivity index (χ3v) is 5.42. The molecule has 116 valence electrons. The Morgan fingerprint density at radius 1 is 1.18 bits per heavy atom. The lowest BCUT2D eigenvalue weighted by Gasteiger charge is -2.35. The fourth-order valence-electron chi connectivity index (χ4n) is 4.31. The van der Waals surface area contributed by atoms with Gasteiger partial charge in [-0.05, 0) is 57.4 Å². The number of hydrogen-bond donors (Lipinski definition) is 1. The van der Waals surface area contributed by atoms with E-state index in [9.17, 15) is 0 Å². The summed E-state index contributed by atoms with van der Waals surface area (Å²) < 4.78 is 0. The summed E-state index contributed by atoms with van der Waals surface area (Å²) in [5.74, 6) is 0. The zero-order chi connectivity index (χ0) is 15.1. The molecule has 3 heterocycles. The van der Waals surface area contributed by atoms with E-state index in [2.05, 4.69) is 59.5 Å². The lowest BCUT2D eigenvalue weighted by molar-refractivity contribution is 0.166. The average molecular weight is 295 g/mol. The van der Waals surface area contributed by atoms with Crippen molar-refractivity contribution in [1.82, 2.24) is 15.2 Å². The summed E-state index contributed by atoms with van der Waals surface area (Å²) in [6.45, 7) is 3.12. The molecule has 2 aliphatic rings. The second kappa shape index (κ2) is 5.64. The van der Waals surface area contributed by atoms with E-state index in [0.717, 1.165) is 29.8 Å². The van der Waals surface area contributed by atoms with Gasteiger partial charge in [-0.15, -0.1) is 0 Å². The van der Waals surface area contributed by atoms with Crippen molar-refractivity contribution < 1.29 is 0 Å². The van der Waals surface area contributed by atoms with Crippen LogP contribution in [0.15, 0.2) is 30.3 Å². The molecule has 0 amide bonds. The van der Waals surface area contributed by atoms with Crippen molar-refractivity contribution in [3.63, 3.8) is 0 Å². The minimum atomic E-state index is 0.714. The van der Waals surface area contributed by atoms with E-state index in [1.54, 1.807) is 0 Å². The minimum absolute atomic E-state index is 0.714. The van der Waals surface area contributed by atoms with Gasteiger partial charge in [0, 0.05) is 35.8 Å². The van der Waals surface area contributed by atoms with Gasteiger partial charge < -0.3 is 5.32 Å². The maximum absolute atomic E-state index is 4.66. The Hall–Kier alpha value is -1.45. The van der Waals surface area contributed by atoms with Crippen molar-refractivity contribution in [2.75, 3.05) is 7.05 Å². The Morgan fingerprint density at radius 2 is 1.91 bits per heavy atom. The Bertz CT molecular complexity index is 669. The van der Waals surface area contributed by atoms with Crippen molar-refractivity contribution in [2.45, 2.75) is 57.3 Å². The number of fused-ring (bicyclic) bond motifs is 3. The average Bonchev–Trinajstić information content (AvgIpc) is 2.85.